The maximum absolute atomic E-state index is 13.3. The van der Waals surface area contributed by atoms with E-state index in [1.54, 1.807) is 12.1 Å². The van der Waals surface area contributed by atoms with Gasteiger partial charge in [-0.05, 0) is 59.5 Å². The molecule has 0 aliphatic carbocycles. The van der Waals surface area contributed by atoms with Crippen LogP contribution < -0.4 is 5.32 Å². The summed E-state index contributed by atoms with van der Waals surface area (Å²) in [5.74, 6) is -1.21. The van der Waals surface area contributed by atoms with E-state index < -0.39 is 21.9 Å². The summed E-state index contributed by atoms with van der Waals surface area (Å²) < 4.78 is 54.4. The lowest BCUT2D eigenvalue weighted by Gasteiger charge is -2.36. The molecule has 3 aromatic carbocycles. The minimum Gasteiger partial charge on any atom is -0.352 e. The SMILES string of the molecule is O=C(C[C@H]1c2ccccc2CCN1S(=O)(=O)c1ccc(F)cc1)NCc1ccc(F)cc1. The highest BCUT2D eigenvalue weighted by molar-refractivity contribution is 7.89. The largest absolute Gasteiger partial charge is 0.352 e. The first-order chi connectivity index (χ1) is 15.3. The van der Waals surface area contributed by atoms with Gasteiger partial charge in [0.05, 0.1) is 10.9 Å². The average molecular weight is 457 g/mol. The van der Waals surface area contributed by atoms with E-state index in [0.29, 0.717) is 6.42 Å². The number of halogens is 2. The number of fused-ring (bicyclic) bond motifs is 1. The van der Waals surface area contributed by atoms with Gasteiger partial charge in [0.25, 0.3) is 0 Å². The Morgan fingerprint density at radius 3 is 2.25 bits per heavy atom. The predicted octanol–water partition coefficient (Wildman–Crippen LogP) is 3.96. The summed E-state index contributed by atoms with van der Waals surface area (Å²) in [6, 6.07) is 17.2. The minimum atomic E-state index is -3.94. The zero-order valence-corrected chi connectivity index (χ0v) is 18.0. The number of rotatable bonds is 6. The molecule has 0 unspecified atom stereocenters. The number of nitrogens with one attached hydrogen (secondary N) is 1. The van der Waals surface area contributed by atoms with Crippen LogP contribution in [-0.4, -0.2) is 25.2 Å². The zero-order valence-electron chi connectivity index (χ0n) is 17.2. The van der Waals surface area contributed by atoms with Crippen LogP contribution >= 0.6 is 0 Å². The smallest absolute Gasteiger partial charge is 0.243 e. The standard InChI is InChI=1S/C24H22F2N2O3S/c25-19-7-5-17(6-8-19)16-27-24(29)15-23-22-4-2-1-3-18(22)13-14-28(23)32(30,31)21-11-9-20(26)10-12-21/h1-12,23H,13-16H2,(H,27,29)/t23-/m0/s1. The van der Waals surface area contributed by atoms with Crippen molar-refractivity contribution in [3.63, 3.8) is 0 Å². The van der Waals surface area contributed by atoms with E-state index in [9.17, 15) is 22.0 Å². The summed E-state index contributed by atoms with van der Waals surface area (Å²) in [5, 5.41) is 2.78. The number of hydrogen-bond acceptors (Lipinski definition) is 3. The highest BCUT2D eigenvalue weighted by atomic mass is 32.2. The first-order valence-corrected chi connectivity index (χ1v) is 11.6. The molecule has 0 saturated heterocycles. The van der Waals surface area contributed by atoms with Gasteiger partial charge in [-0.15, -0.1) is 0 Å². The molecular weight excluding hydrogens is 434 g/mol. The fourth-order valence-corrected chi connectivity index (χ4v) is 5.53. The van der Waals surface area contributed by atoms with Crippen LogP contribution in [0.3, 0.4) is 0 Å². The highest BCUT2D eigenvalue weighted by Crippen LogP contribution is 2.36. The van der Waals surface area contributed by atoms with E-state index in [1.165, 1.54) is 28.6 Å². The summed E-state index contributed by atoms with van der Waals surface area (Å²) in [6.45, 7) is 0.421. The van der Waals surface area contributed by atoms with Crippen LogP contribution in [0, 0.1) is 11.6 Å². The molecule has 1 aliphatic rings. The quantitative estimate of drug-likeness (QED) is 0.611. The molecule has 3 aromatic rings. The van der Waals surface area contributed by atoms with Gasteiger partial charge in [0, 0.05) is 19.5 Å². The van der Waals surface area contributed by atoms with E-state index in [1.807, 2.05) is 24.3 Å². The van der Waals surface area contributed by atoms with Crippen molar-refractivity contribution >= 4 is 15.9 Å². The molecule has 0 bridgehead atoms. The fourth-order valence-electron chi connectivity index (χ4n) is 3.92. The molecule has 1 N–H and O–H groups in total. The summed E-state index contributed by atoms with van der Waals surface area (Å²) in [5.41, 5.74) is 2.51. The zero-order chi connectivity index (χ0) is 22.7. The van der Waals surface area contributed by atoms with Crippen molar-refractivity contribution < 1.29 is 22.0 Å². The van der Waals surface area contributed by atoms with E-state index in [2.05, 4.69) is 5.32 Å². The van der Waals surface area contributed by atoms with Crippen molar-refractivity contribution in [3.8, 4) is 0 Å². The predicted molar refractivity (Wildman–Crippen MR) is 116 cm³/mol. The molecule has 1 heterocycles. The average Bonchev–Trinajstić information content (AvgIpc) is 2.79. The molecule has 1 atom stereocenters. The van der Waals surface area contributed by atoms with Gasteiger partial charge in [-0.2, -0.15) is 4.31 Å². The lowest BCUT2D eigenvalue weighted by Crippen LogP contribution is -2.42. The maximum atomic E-state index is 13.3. The van der Waals surface area contributed by atoms with E-state index in [-0.39, 0.29) is 36.1 Å². The van der Waals surface area contributed by atoms with Crippen LogP contribution in [-0.2, 0) is 27.8 Å². The van der Waals surface area contributed by atoms with E-state index in [4.69, 9.17) is 0 Å². The van der Waals surface area contributed by atoms with Crippen molar-refractivity contribution in [2.75, 3.05) is 6.54 Å². The minimum absolute atomic E-state index is 0.0185. The van der Waals surface area contributed by atoms with Crippen LogP contribution in [0.25, 0.3) is 0 Å². The van der Waals surface area contributed by atoms with Crippen LogP contribution in [0.15, 0.2) is 77.7 Å². The fraction of sp³-hybridized carbons (Fsp3) is 0.208. The van der Waals surface area contributed by atoms with Crippen LogP contribution in [0.4, 0.5) is 8.78 Å². The van der Waals surface area contributed by atoms with Gasteiger partial charge in [-0.1, -0.05) is 36.4 Å². The number of sulfonamides is 1. The summed E-state index contributed by atoms with van der Waals surface area (Å²) in [4.78, 5) is 12.7. The molecule has 32 heavy (non-hydrogen) atoms. The van der Waals surface area contributed by atoms with Crippen molar-refractivity contribution in [2.45, 2.75) is 30.3 Å². The number of carbonyl (C=O) groups excluding carboxylic acids is 1. The lowest BCUT2D eigenvalue weighted by atomic mass is 9.92. The molecular formula is C24H22F2N2O3S. The third kappa shape index (κ3) is 4.71. The van der Waals surface area contributed by atoms with Crippen LogP contribution in [0.5, 0.6) is 0 Å². The van der Waals surface area contributed by atoms with Gasteiger partial charge in [0.2, 0.25) is 15.9 Å². The molecule has 0 radical (unpaired) electrons. The second kappa shape index (κ2) is 9.18. The number of amides is 1. The Bertz CT molecular complexity index is 1210. The summed E-state index contributed by atoms with van der Waals surface area (Å²) in [6.07, 6.45) is 0.447. The van der Waals surface area contributed by atoms with Crippen molar-refractivity contribution in [2.24, 2.45) is 0 Å². The number of hydrogen-bond donors (Lipinski definition) is 1. The molecule has 5 nitrogen and oxygen atoms in total. The Labute approximate surface area is 185 Å². The van der Waals surface area contributed by atoms with Gasteiger partial charge in [0.15, 0.2) is 0 Å². The normalized spacial score (nSPS) is 16.4. The second-order valence-electron chi connectivity index (χ2n) is 7.64. The Kier molecular flexibility index (Phi) is 6.34. The summed E-state index contributed by atoms with van der Waals surface area (Å²) >= 11 is 0. The molecule has 1 aliphatic heterocycles. The Morgan fingerprint density at radius 1 is 0.938 bits per heavy atom. The van der Waals surface area contributed by atoms with Crippen molar-refractivity contribution in [3.05, 3.63) is 101 Å². The molecule has 0 aromatic heterocycles. The van der Waals surface area contributed by atoms with Crippen molar-refractivity contribution in [1.29, 1.82) is 0 Å². The van der Waals surface area contributed by atoms with Gasteiger partial charge in [0.1, 0.15) is 11.6 Å². The Hall–Kier alpha value is -3.10. The third-order valence-electron chi connectivity index (χ3n) is 5.57. The molecule has 0 fully saturated rings. The molecule has 166 valence electrons. The van der Waals surface area contributed by atoms with Gasteiger partial charge in [-0.3, -0.25) is 4.79 Å². The van der Waals surface area contributed by atoms with E-state index >= 15 is 0 Å². The second-order valence-corrected chi connectivity index (χ2v) is 9.53. The first kappa shape index (κ1) is 22.1. The monoisotopic (exact) mass is 456 g/mol. The molecule has 8 heteroatoms. The maximum Gasteiger partial charge on any atom is 0.243 e. The Balaban J connectivity index is 1.58. The summed E-state index contributed by atoms with van der Waals surface area (Å²) in [7, 11) is -3.94. The van der Waals surface area contributed by atoms with Gasteiger partial charge >= 0.3 is 0 Å². The molecule has 0 spiro atoms. The molecule has 0 saturated carbocycles. The van der Waals surface area contributed by atoms with Crippen LogP contribution in [0.2, 0.25) is 0 Å². The van der Waals surface area contributed by atoms with Gasteiger partial charge < -0.3 is 5.32 Å². The number of carbonyl (C=O) groups is 1. The van der Waals surface area contributed by atoms with Crippen molar-refractivity contribution in [1.82, 2.24) is 9.62 Å². The molecule has 1 amide bonds. The van der Waals surface area contributed by atoms with E-state index in [0.717, 1.165) is 28.8 Å². The topological polar surface area (TPSA) is 66.5 Å². The first-order valence-electron chi connectivity index (χ1n) is 10.2. The number of benzene rings is 3. The van der Waals surface area contributed by atoms with Crippen LogP contribution in [0.1, 0.15) is 29.2 Å². The lowest BCUT2D eigenvalue weighted by molar-refractivity contribution is -0.122. The van der Waals surface area contributed by atoms with Gasteiger partial charge in [-0.25, -0.2) is 17.2 Å². The molecule has 4 rings (SSSR count). The third-order valence-corrected chi connectivity index (χ3v) is 7.49. The Morgan fingerprint density at radius 2 is 1.56 bits per heavy atom. The highest BCUT2D eigenvalue weighted by Gasteiger charge is 2.37. The number of nitrogens with zero attached hydrogens (tertiary/aromatic N) is 1.